The van der Waals surface area contributed by atoms with E-state index in [-0.39, 0.29) is 11.9 Å². The van der Waals surface area contributed by atoms with Gasteiger partial charge in [0.1, 0.15) is 11.9 Å². The highest BCUT2D eigenvalue weighted by atomic mass is 15.0. The fraction of sp³-hybridized carbons (Fsp3) is 0.300. The Bertz CT molecular complexity index is 386. The molecule has 0 amide bonds. The van der Waals surface area contributed by atoms with E-state index in [1.54, 1.807) is 6.07 Å². The largest absolute Gasteiger partial charge is 0.356 e. The van der Waals surface area contributed by atoms with Crippen molar-refractivity contribution in [2.75, 3.05) is 5.32 Å². The molecule has 4 heteroatoms. The standard InChI is InChI=1S/C10H10N4/c1-3-8(4-2)13-9-5-6-12-10(7-11)14-9/h1,5-6,8H,4H2,2H3,(H,12,13,14). The molecule has 1 heterocycles. The Kier molecular flexibility index (Phi) is 3.46. The molecule has 70 valence electrons. The summed E-state index contributed by atoms with van der Waals surface area (Å²) in [5.41, 5.74) is 0. The molecule has 0 aliphatic carbocycles. The minimum absolute atomic E-state index is 0.0588. The maximum Gasteiger partial charge on any atom is 0.234 e. The fourth-order valence-corrected chi connectivity index (χ4v) is 0.933. The number of nitrogens with one attached hydrogen (secondary N) is 1. The lowest BCUT2D eigenvalue weighted by atomic mass is 10.2. The zero-order valence-corrected chi connectivity index (χ0v) is 7.86. The molecule has 0 aliphatic heterocycles. The van der Waals surface area contributed by atoms with Gasteiger partial charge in [0.2, 0.25) is 5.82 Å². The van der Waals surface area contributed by atoms with Gasteiger partial charge in [0, 0.05) is 6.20 Å². The Balaban J connectivity index is 2.78. The van der Waals surface area contributed by atoms with E-state index in [1.807, 2.05) is 13.0 Å². The van der Waals surface area contributed by atoms with E-state index in [1.165, 1.54) is 6.20 Å². The van der Waals surface area contributed by atoms with Crippen molar-refractivity contribution in [2.24, 2.45) is 0 Å². The molecule has 0 saturated carbocycles. The monoisotopic (exact) mass is 186 g/mol. The summed E-state index contributed by atoms with van der Waals surface area (Å²) in [6.07, 6.45) is 7.61. The van der Waals surface area contributed by atoms with Crippen LogP contribution in [0.3, 0.4) is 0 Å². The third-order valence-corrected chi connectivity index (χ3v) is 1.69. The molecular weight excluding hydrogens is 176 g/mol. The van der Waals surface area contributed by atoms with Crippen LogP contribution in [0.4, 0.5) is 5.82 Å². The highest BCUT2D eigenvalue weighted by Crippen LogP contribution is 2.04. The normalized spacial score (nSPS) is 11.1. The van der Waals surface area contributed by atoms with E-state index in [0.717, 1.165) is 6.42 Å². The van der Waals surface area contributed by atoms with Gasteiger partial charge in [-0.3, -0.25) is 0 Å². The van der Waals surface area contributed by atoms with Gasteiger partial charge in [0.05, 0.1) is 6.04 Å². The van der Waals surface area contributed by atoms with Crippen molar-refractivity contribution in [1.29, 1.82) is 5.26 Å². The number of hydrogen-bond donors (Lipinski definition) is 1. The molecule has 0 fully saturated rings. The highest BCUT2D eigenvalue weighted by Gasteiger charge is 2.03. The maximum atomic E-state index is 8.57. The van der Waals surface area contributed by atoms with Crippen LogP contribution >= 0.6 is 0 Å². The molecule has 0 spiro atoms. The first kappa shape index (κ1) is 10.0. The van der Waals surface area contributed by atoms with Crippen LogP contribution in [-0.2, 0) is 0 Å². The van der Waals surface area contributed by atoms with Crippen molar-refractivity contribution in [3.05, 3.63) is 18.1 Å². The number of rotatable bonds is 3. The van der Waals surface area contributed by atoms with Gasteiger partial charge in [0.25, 0.3) is 0 Å². The molecule has 0 saturated heterocycles. The summed E-state index contributed by atoms with van der Waals surface area (Å²) in [6, 6.07) is 3.49. The fourth-order valence-electron chi connectivity index (χ4n) is 0.933. The molecule has 0 radical (unpaired) electrons. The second-order valence-corrected chi connectivity index (χ2v) is 2.65. The summed E-state index contributed by atoms with van der Waals surface area (Å²) in [4.78, 5) is 7.70. The van der Waals surface area contributed by atoms with Gasteiger partial charge in [-0.2, -0.15) is 5.26 Å². The van der Waals surface area contributed by atoms with Crippen LogP contribution in [-0.4, -0.2) is 16.0 Å². The molecule has 0 aromatic carbocycles. The minimum Gasteiger partial charge on any atom is -0.356 e. The van der Waals surface area contributed by atoms with Crippen LogP contribution in [0.2, 0.25) is 0 Å². The summed E-state index contributed by atoms with van der Waals surface area (Å²) >= 11 is 0. The smallest absolute Gasteiger partial charge is 0.234 e. The number of hydrogen-bond acceptors (Lipinski definition) is 4. The van der Waals surface area contributed by atoms with E-state index in [0.29, 0.717) is 5.82 Å². The third kappa shape index (κ3) is 2.46. The first-order chi connectivity index (χ1) is 6.80. The van der Waals surface area contributed by atoms with Crippen LogP contribution in [0.1, 0.15) is 19.2 Å². The Morgan fingerprint density at radius 2 is 2.50 bits per heavy atom. The van der Waals surface area contributed by atoms with E-state index in [4.69, 9.17) is 11.7 Å². The SMILES string of the molecule is C#CC(CC)Nc1ccnc(C#N)n1. The predicted octanol–water partition coefficient (Wildman–Crippen LogP) is 1.17. The number of terminal acetylenes is 1. The van der Waals surface area contributed by atoms with Crippen molar-refractivity contribution >= 4 is 5.82 Å². The highest BCUT2D eigenvalue weighted by molar-refractivity contribution is 5.38. The van der Waals surface area contributed by atoms with E-state index >= 15 is 0 Å². The zero-order chi connectivity index (χ0) is 10.4. The molecule has 1 aromatic heterocycles. The summed E-state index contributed by atoms with van der Waals surface area (Å²) in [6.45, 7) is 1.98. The first-order valence-corrected chi connectivity index (χ1v) is 4.26. The molecule has 0 aliphatic rings. The molecule has 4 nitrogen and oxygen atoms in total. The molecule has 1 atom stereocenters. The van der Waals surface area contributed by atoms with Crippen LogP contribution in [0.15, 0.2) is 12.3 Å². The summed E-state index contributed by atoms with van der Waals surface area (Å²) in [5.74, 6) is 3.31. The molecular formula is C10H10N4. The van der Waals surface area contributed by atoms with E-state index < -0.39 is 0 Å². The van der Waals surface area contributed by atoms with Crippen LogP contribution in [0.5, 0.6) is 0 Å². The van der Waals surface area contributed by atoms with Gasteiger partial charge in [0.15, 0.2) is 0 Å². The zero-order valence-electron chi connectivity index (χ0n) is 7.86. The molecule has 14 heavy (non-hydrogen) atoms. The molecule has 1 N–H and O–H groups in total. The second kappa shape index (κ2) is 4.84. The van der Waals surface area contributed by atoms with Crippen molar-refractivity contribution in [2.45, 2.75) is 19.4 Å². The lowest BCUT2D eigenvalue weighted by Gasteiger charge is -2.10. The molecule has 1 unspecified atom stereocenters. The van der Waals surface area contributed by atoms with Crippen LogP contribution in [0.25, 0.3) is 0 Å². The topological polar surface area (TPSA) is 61.6 Å². The van der Waals surface area contributed by atoms with Gasteiger partial charge in [-0.15, -0.1) is 6.42 Å². The van der Waals surface area contributed by atoms with Gasteiger partial charge in [-0.25, -0.2) is 9.97 Å². The lowest BCUT2D eigenvalue weighted by Crippen LogP contribution is -2.16. The third-order valence-electron chi connectivity index (χ3n) is 1.69. The van der Waals surface area contributed by atoms with Crippen molar-refractivity contribution in [3.8, 4) is 18.4 Å². The van der Waals surface area contributed by atoms with E-state index in [9.17, 15) is 0 Å². The van der Waals surface area contributed by atoms with E-state index in [2.05, 4.69) is 21.2 Å². The molecule has 1 rings (SSSR count). The van der Waals surface area contributed by atoms with Gasteiger partial charge in [-0.1, -0.05) is 12.8 Å². The number of nitrogens with zero attached hydrogens (tertiary/aromatic N) is 3. The number of nitriles is 1. The molecule has 1 aromatic rings. The van der Waals surface area contributed by atoms with Crippen molar-refractivity contribution < 1.29 is 0 Å². The summed E-state index contributed by atoms with van der Waals surface area (Å²) in [7, 11) is 0. The Labute approximate surface area is 83.0 Å². The molecule has 0 bridgehead atoms. The average molecular weight is 186 g/mol. The maximum absolute atomic E-state index is 8.57. The summed E-state index contributed by atoms with van der Waals surface area (Å²) < 4.78 is 0. The Morgan fingerprint density at radius 1 is 1.71 bits per heavy atom. The number of anilines is 1. The lowest BCUT2D eigenvalue weighted by molar-refractivity contribution is 0.848. The Hall–Kier alpha value is -2.07. The van der Waals surface area contributed by atoms with Crippen molar-refractivity contribution in [3.63, 3.8) is 0 Å². The average Bonchev–Trinajstić information content (AvgIpc) is 2.26. The second-order valence-electron chi connectivity index (χ2n) is 2.65. The number of aromatic nitrogens is 2. The quantitative estimate of drug-likeness (QED) is 0.720. The van der Waals surface area contributed by atoms with Crippen LogP contribution < -0.4 is 5.32 Å². The van der Waals surface area contributed by atoms with Gasteiger partial charge >= 0.3 is 0 Å². The first-order valence-electron chi connectivity index (χ1n) is 4.26. The summed E-state index contributed by atoms with van der Waals surface area (Å²) in [5, 5.41) is 11.6. The minimum atomic E-state index is -0.0588. The van der Waals surface area contributed by atoms with Crippen molar-refractivity contribution in [1.82, 2.24) is 9.97 Å². The van der Waals surface area contributed by atoms with Gasteiger partial charge in [-0.05, 0) is 12.5 Å². The van der Waals surface area contributed by atoms with Crippen LogP contribution in [0, 0.1) is 23.7 Å². The van der Waals surface area contributed by atoms with Gasteiger partial charge < -0.3 is 5.32 Å². The Morgan fingerprint density at radius 3 is 3.07 bits per heavy atom. The predicted molar refractivity (Wildman–Crippen MR) is 53.3 cm³/mol.